The number of nitrogens with two attached hydrogens (primary N) is 1. The van der Waals surface area contributed by atoms with Crippen molar-refractivity contribution in [2.45, 2.75) is 12.5 Å². The third-order valence-corrected chi connectivity index (χ3v) is 3.86. The first kappa shape index (κ1) is 12.9. The van der Waals surface area contributed by atoms with Gasteiger partial charge in [-0.05, 0) is 35.6 Å². The first-order chi connectivity index (χ1) is 8.74. The summed E-state index contributed by atoms with van der Waals surface area (Å²) >= 11 is 1.63. The maximum atomic E-state index is 6.22. The summed E-state index contributed by atoms with van der Waals surface area (Å²) < 4.78 is 10.4. The van der Waals surface area contributed by atoms with Gasteiger partial charge in [-0.2, -0.15) is 0 Å². The van der Waals surface area contributed by atoms with Gasteiger partial charge in [0, 0.05) is 6.04 Å². The van der Waals surface area contributed by atoms with E-state index in [0.717, 1.165) is 22.8 Å². The monoisotopic (exact) mass is 263 g/mol. The van der Waals surface area contributed by atoms with Crippen LogP contribution in [0.15, 0.2) is 35.7 Å². The summed E-state index contributed by atoms with van der Waals surface area (Å²) in [5.41, 5.74) is 7.41. The standard InChI is InChI=1S/C14H17NO2S/c1-16-11-5-3-10(4-6-11)9-12(15)14-13(17-2)7-8-18-14/h3-8,12H,9,15H2,1-2H3. The van der Waals surface area contributed by atoms with Gasteiger partial charge in [0.1, 0.15) is 11.5 Å². The zero-order valence-electron chi connectivity index (χ0n) is 10.6. The fourth-order valence-corrected chi connectivity index (χ4v) is 2.72. The minimum atomic E-state index is -0.0339. The molecule has 0 bridgehead atoms. The summed E-state index contributed by atoms with van der Waals surface area (Å²) in [6.07, 6.45) is 0.793. The molecule has 3 nitrogen and oxygen atoms in total. The molecule has 0 saturated carbocycles. The summed E-state index contributed by atoms with van der Waals surface area (Å²) in [7, 11) is 3.34. The van der Waals surface area contributed by atoms with Crippen molar-refractivity contribution in [1.82, 2.24) is 0 Å². The number of rotatable bonds is 5. The van der Waals surface area contributed by atoms with Crippen molar-refractivity contribution in [2.75, 3.05) is 14.2 Å². The third kappa shape index (κ3) is 2.83. The molecule has 0 aliphatic carbocycles. The van der Waals surface area contributed by atoms with Crippen molar-refractivity contribution in [3.63, 3.8) is 0 Å². The lowest BCUT2D eigenvalue weighted by atomic mass is 10.1. The highest BCUT2D eigenvalue weighted by atomic mass is 32.1. The molecule has 0 spiro atoms. The molecule has 1 atom stereocenters. The second-order valence-electron chi connectivity index (χ2n) is 4.01. The lowest BCUT2D eigenvalue weighted by Crippen LogP contribution is -2.12. The first-order valence-electron chi connectivity index (χ1n) is 5.74. The Balaban J connectivity index is 2.08. The van der Waals surface area contributed by atoms with Crippen LogP contribution in [0, 0.1) is 0 Å². The predicted octanol–water partition coefficient (Wildman–Crippen LogP) is 3.01. The van der Waals surface area contributed by atoms with E-state index in [0.29, 0.717) is 0 Å². The topological polar surface area (TPSA) is 44.5 Å². The Morgan fingerprint density at radius 1 is 1.11 bits per heavy atom. The van der Waals surface area contributed by atoms with Gasteiger partial charge in [0.15, 0.2) is 0 Å². The highest BCUT2D eigenvalue weighted by molar-refractivity contribution is 7.10. The van der Waals surface area contributed by atoms with Crippen LogP contribution < -0.4 is 15.2 Å². The van der Waals surface area contributed by atoms with Crippen LogP contribution in [-0.4, -0.2) is 14.2 Å². The van der Waals surface area contributed by atoms with Gasteiger partial charge in [-0.15, -0.1) is 11.3 Å². The molecule has 2 N–H and O–H groups in total. The van der Waals surface area contributed by atoms with E-state index in [1.54, 1.807) is 25.6 Å². The van der Waals surface area contributed by atoms with Crippen LogP contribution in [-0.2, 0) is 6.42 Å². The number of methoxy groups -OCH3 is 2. The SMILES string of the molecule is COc1ccc(CC(N)c2sccc2OC)cc1. The Hall–Kier alpha value is -1.52. The van der Waals surface area contributed by atoms with Crippen molar-refractivity contribution < 1.29 is 9.47 Å². The van der Waals surface area contributed by atoms with Crippen LogP contribution in [0.5, 0.6) is 11.5 Å². The molecule has 0 saturated heterocycles. The normalized spacial score (nSPS) is 12.2. The summed E-state index contributed by atoms with van der Waals surface area (Å²) in [5, 5.41) is 2.00. The second kappa shape index (κ2) is 5.89. The van der Waals surface area contributed by atoms with Crippen molar-refractivity contribution in [1.29, 1.82) is 0 Å². The van der Waals surface area contributed by atoms with Gasteiger partial charge in [0.05, 0.1) is 19.1 Å². The van der Waals surface area contributed by atoms with E-state index in [1.165, 1.54) is 5.56 Å². The molecule has 1 heterocycles. The lowest BCUT2D eigenvalue weighted by Gasteiger charge is -2.12. The van der Waals surface area contributed by atoms with Crippen molar-refractivity contribution in [3.05, 3.63) is 46.2 Å². The molecular formula is C14H17NO2S. The predicted molar refractivity (Wildman–Crippen MR) is 74.5 cm³/mol. The Labute approximate surface area is 111 Å². The van der Waals surface area contributed by atoms with Crippen LogP contribution in [0.1, 0.15) is 16.5 Å². The third-order valence-electron chi connectivity index (χ3n) is 2.83. The number of thiophene rings is 1. The molecule has 4 heteroatoms. The molecule has 96 valence electrons. The van der Waals surface area contributed by atoms with Gasteiger partial charge in [-0.25, -0.2) is 0 Å². The molecule has 2 aromatic rings. The van der Waals surface area contributed by atoms with Crippen LogP contribution >= 0.6 is 11.3 Å². The van der Waals surface area contributed by atoms with Gasteiger partial charge in [0.2, 0.25) is 0 Å². The van der Waals surface area contributed by atoms with E-state index < -0.39 is 0 Å². The Kier molecular flexibility index (Phi) is 4.23. The number of hydrogen-bond donors (Lipinski definition) is 1. The van der Waals surface area contributed by atoms with E-state index in [9.17, 15) is 0 Å². The molecule has 0 aliphatic rings. The van der Waals surface area contributed by atoms with Crippen LogP contribution in [0.3, 0.4) is 0 Å². The van der Waals surface area contributed by atoms with E-state index >= 15 is 0 Å². The summed E-state index contributed by atoms with van der Waals surface area (Å²) in [6.45, 7) is 0. The summed E-state index contributed by atoms with van der Waals surface area (Å²) in [5.74, 6) is 1.74. The molecule has 1 aromatic carbocycles. The minimum absolute atomic E-state index is 0.0339. The fourth-order valence-electron chi connectivity index (χ4n) is 1.86. The van der Waals surface area contributed by atoms with Crippen molar-refractivity contribution in [3.8, 4) is 11.5 Å². The molecule has 0 radical (unpaired) electrons. The average Bonchev–Trinajstić information content (AvgIpc) is 2.88. The molecule has 1 aromatic heterocycles. The molecule has 1 unspecified atom stereocenters. The molecule has 0 amide bonds. The lowest BCUT2D eigenvalue weighted by molar-refractivity contribution is 0.408. The maximum absolute atomic E-state index is 6.22. The van der Waals surface area contributed by atoms with E-state index in [1.807, 2.05) is 35.7 Å². The fraction of sp³-hybridized carbons (Fsp3) is 0.286. The van der Waals surface area contributed by atoms with Crippen molar-refractivity contribution in [2.24, 2.45) is 5.73 Å². The maximum Gasteiger partial charge on any atom is 0.134 e. The van der Waals surface area contributed by atoms with Gasteiger partial charge in [-0.3, -0.25) is 0 Å². The Morgan fingerprint density at radius 2 is 1.83 bits per heavy atom. The van der Waals surface area contributed by atoms with E-state index in [2.05, 4.69) is 0 Å². The number of benzene rings is 1. The quantitative estimate of drug-likeness (QED) is 0.902. The Morgan fingerprint density at radius 3 is 2.44 bits per heavy atom. The second-order valence-corrected chi connectivity index (χ2v) is 4.96. The van der Waals surface area contributed by atoms with Crippen LogP contribution in [0.25, 0.3) is 0 Å². The Bertz CT molecular complexity index is 493. The molecule has 2 rings (SSSR count). The highest BCUT2D eigenvalue weighted by Crippen LogP contribution is 2.31. The average molecular weight is 263 g/mol. The van der Waals surface area contributed by atoms with Crippen LogP contribution in [0.2, 0.25) is 0 Å². The highest BCUT2D eigenvalue weighted by Gasteiger charge is 2.14. The molecule has 0 aliphatic heterocycles. The zero-order valence-corrected chi connectivity index (χ0v) is 11.4. The van der Waals surface area contributed by atoms with Gasteiger partial charge >= 0.3 is 0 Å². The molecule has 18 heavy (non-hydrogen) atoms. The minimum Gasteiger partial charge on any atom is -0.497 e. The summed E-state index contributed by atoms with van der Waals surface area (Å²) in [4.78, 5) is 1.09. The van der Waals surface area contributed by atoms with Crippen molar-refractivity contribution >= 4 is 11.3 Å². The van der Waals surface area contributed by atoms with Gasteiger partial charge in [0.25, 0.3) is 0 Å². The zero-order chi connectivity index (χ0) is 13.0. The van der Waals surface area contributed by atoms with E-state index in [4.69, 9.17) is 15.2 Å². The number of ether oxygens (including phenoxy) is 2. The number of hydrogen-bond acceptors (Lipinski definition) is 4. The van der Waals surface area contributed by atoms with E-state index in [-0.39, 0.29) is 6.04 Å². The van der Waals surface area contributed by atoms with Gasteiger partial charge < -0.3 is 15.2 Å². The molecule has 0 fully saturated rings. The van der Waals surface area contributed by atoms with Crippen LogP contribution in [0.4, 0.5) is 0 Å². The van der Waals surface area contributed by atoms with Gasteiger partial charge in [-0.1, -0.05) is 12.1 Å². The molecular weight excluding hydrogens is 246 g/mol. The summed E-state index contributed by atoms with van der Waals surface area (Å²) in [6, 6.07) is 9.90. The largest absolute Gasteiger partial charge is 0.497 e. The first-order valence-corrected chi connectivity index (χ1v) is 6.62. The smallest absolute Gasteiger partial charge is 0.134 e.